The molecule has 1 heterocycles. The van der Waals surface area contributed by atoms with E-state index in [1.165, 1.54) is 32.5 Å². The van der Waals surface area contributed by atoms with Gasteiger partial charge < -0.3 is 10.0 Å². The molecule has 0 atom stereocenters. The number of aliphatic hydroxyl groups is 1. The van der Waals surface area contributed by atoms with Crippen LogP contribution in [0.2, 0.25) is 0 Å². The normalized spacial score (nSPS) is 19.6. The molecule has 0 bridgehead atoms. The number of aliphatic hydroxyl groups excluding tert-OH is 1. The van der Waals surface area contributed by atoms with Crippen molar-refractivity contribution in [3.63, 3.8) is 0 Å². The van der Waals surface area contributed by atoms with Gasteiger partial charge in [-0.15, -0.1) is 0 Å². The minimum Gasteiger partial charge on any atom is -0.396 e. The number of nitrogens with zero attached hydrogens (tertiary/aromatic N) is 1. The van der Waals surface area contributed by atoms with Crippen LogP contribution in [0.1, 0.15) is 39.5 Å². The van der Waals surface area contributed by atoms with E-state index in [1.807, 2.05) is 0 Å². The summed E-state index contributed by atoms with van der Waals surface area (Å²) in [5.41, 5.74) is 0.382. The van der Waals surface area contributed by atoms with Gasteiger partial charge in [0.2, 0.25) is 0 Å². The van der Waals surface area contributed by atoms with Crippen molar-refractivity contribution in [1.82, 2.24) is 4.90 Å². The fourth-order valence-corrected chi connectivity index (χ4v) is 2.18. The molecular formula is C11H23NO. The number of hydrogen-bond acceptors (Lipinski definition) is 2. The van der Waals surface area contributed by atoms with E-state index >= 15 is 0 Å². The molecule has 0 aromatic heterocycles. The Bertz CT molecular complexity index is 139. The fraction of sp³-hybridized carbons (Fsp3) is 1.00. The minimum atomic E-state index is 0.337. The third-order valence-corrected chi connectivity index (χ3v) is 2.86. The Kier molecular flexibility index (Phi) is 4.20. The standard InChI is InChI=1S/C11H23NO/c1-11(2,6-5-9-13)10-12-7-3-4-8-12/h13H,3-10H2,1-2H3. The first-order valence-electron chi connectivity index (χ1n) is 5.47. The lowest BCUT2D eigenvalue weighted by atomic mass is 9.87. The van der Waals surface area contributed by atoms with E-state index in [4.69, 9.17) is 5.11 Å². The van der Waals surface area contributed by atoms with E-state index in [2.05, 4.69) is 18.7 Å². The Labute approximate surface area is 81.9 Å². The lowest BCUT2D eigenvalue weighted by Crippen LogP contribution is -2.32. The zero-order chi connectivity index (χ0) is 9.73. The summed E-state index contributed by atoms with van der Waals surface area (Å²) < 4.78 is 0. The second kappa shape index (κ2) is 4.97. The van der Waals surface area contributed by atoms with Gasteiger partial charge in [-0.1, -0.05) is 13.8 Å². The molecule has 1 rings (SSSR count). The van der Waals surface area contributed by atoms with Crippen molar-refractivity contribution in [1.29, 1.82) is 0 Å². The van der Waals surface area contributed by atoms with Crippen LogP contribution in [-0.4, -0.2) is 36.2 Å². The van der Waals surface area contributed by atoms with Crippen molar-refractivity contribution < 1.29 is 5.11 Å². The van der Waals surface area contributed by atoms with Crippen LogP contribution in [0.5, 0.6) is 0 Å². The van der Waals surface area contributed by atoms with Crippen molar-refractivity contribution in [3.8, 4) is 0 Å². The van der Waals surface area contributed by atoms with Crippen molar-refractivity contribution in [3.05, 3.63) is 0 Å². The van der Waals surface area contributed by atoms with E-state index in [-0.39, 0.29) is 0 Å². The highest BCUT2D eigenvalue weighted by Crippen LogP contribution is 2.25. The van der Waals surface area contributed by atoms with Gasteiger partial charge in [0.1, 0.15) is 0 Å². The van der Waals surface area contributed by atoms with Gasteiger partial charge in [-0.2, -0.15) is 0 Å². The van der Waals surface area contributed by atoms with Crippen molar-refractivity contribution >= 4 is 0 Å². The topological polar surface area (TPSA) is 23.5 Å². The molecule has 1 N–H and O–H groups in total. The van der Waals surface area contributed by atoms with Gasteiger partial charge in [-0.3, -0.25) is 0 Å². The zero-order valence-electron chi connectivity index (χ0n) is 9.05. The minimum absolute atomic E-state index is 0.337. The summed E-state index contributed by atoms with van der Waals surface area (Å²) in [6.45, 7) is 8.71. The van der Waals surface area contributed by atoms with Crippen molar-refractivity contribution in [2.24, 2.45) is 5.41 Å². The first-order valence-corrected chi connectivity index (χ1v) is 5.47. The molecule has 0 aromatic carbocycles. The highest BCUT2D eigenvalue weighted by Gasteiger charge is 2.22. The maximum absolute atomic E-state index is 8.78. The van der Waals surface area contributed by atoms with Gasteiger partial charge in [0, 0.05) is 13.2 Å². The molecule has 1 saturated heterocycles. The summed E-state index contributed by atoms with van der Waals surface area (Å²) in [7, 11) is 0. The number of likely N-dealkylation sites (tertiary alicyclic amines) is 1. The predicted octanol–water partition coefficient (Wildman–Crippen LogP) is 1.88. The molecule has 0 aromatic rings. The molecule has 1 fully saturated rings. The van der Waals surface area contributed by atoms with Gasteiger partial charge in [0.15, 0.2) is 0 Å². The third-order valence-electron chi connectivity index (χ3n) is 2.86. The third kappa shape index (κ3) is 4.10. The van der Waals surface area contributed by atoms with Gasteiger partial charge in [-0.05, 0) is 44.2 Å². The molecule has 0 unspecified atom stereocenters. The van der Waals surface area contributed by atoms with Crippen molar-refractivity contribution in [2.45, 2.75) is 39.5 Å². The van der Waals surface area contributed by atoms with E-state index in [1.54, 1.807) is 0 Å². The van der Waals surface area contributed by atoms with Gasteiger partial charge in [0.05, 0.1) is 0 Å². The zero-order valence-corrected chi connectivity index (χ0v) is 9.05. The lowest BCUT2D eigenvalue weighted by Gasteiger charge is -2.29. The second-order valence-electron chi connectivity index (χ2n) is 4.97. The first kappa shape index (κ1) is 11.0. The molecule has 2 nitrogen and oxygen atoms in total. The molecule has 0 amide bonds. The summed E-state index contributed by atoms with van der Waals surface area (Å²) in [6.07, 6.45) is 4.83. The number of rotatable bonds is 5. The summed E-state index contributed by atoms with van der Waals surface area (Å²) in [4.78, 5) is 2.55. The molecule has 0 spiro atoms. The molecule has 2 heteroatoms. The smallest absolute Gasteiger partial charge is 0.0431 e. The maximum atomic E-state index is 8.78. The first-order chi connectivity index (χ1) is 6.14. The van der Waals surface area contributed by atoms with Gasteiger partial charge in [-0.25, -0.2) is 0 Å². The summed E-state index contributed by atoms with van der Waals surface area (Å²) in [5, 5.41) is 8.78. The fourth-order valence-electron chi connectivity index (χ4n) is 2.18. The quantitative estimate of drug-likeness (QED) is 0.707. The SMILES string of the molecule is CC(C)(CCCO)CN1CCCC1. The summed E-state index contributed by atoms with van der Waals surface area (Å²) in [6, 6.07) is 0. The highest BCUT2D eigenvalue weighted by atomic mass is 16.2. The van der Waals surface area contributed by atoms with Crippen LogP contribution in [0.4, 0.5) is 0 Å². The monoisotopic (exact) mass is 185 g/mol. The molecule has 0 saturated carbocycles. The van der Waals surface area contributed by atoms with Gasteiger partial charge in [0.25, 0.3) is 0 Å². The maximum Gasteiger partial charge on any atom is 0.0431 e. The van der Waals surface area contributed by atoms with Crippen LogP contribution in [-0.2, 0) is 0 Å². The van der Waals surface area contributed by atoms with Crippen LogP contribution < -0.4 is 0 Å². The lowest BCUT2D eigenvalue weighted by molar-refractivity contribution is 0.177. The Hall–Kier alpha value is -0.0800. The van der Waals surface area contributed by atoms with Crippen LogP contribution in [0.15, 0.2) is 0 Å². The highest BCUT2D eigenvalue weighted by molar-refractivity contribution is 4.76. The molecule has 78 valence electrons. The molecular weight excluding hydrogens is 162 g/mol. The van der Waals surface area contributed by atoms with E-state index in [0.717, 1.165) is 12.8 Å². The molecule has 13 heavy (non-hydrogen) atoms. The number of hydrogen-bond donors (Lipinski definition) is 1. The Morgan fingerprint density at radius 1 is 1.23 bits per heavy atom. The average molecular weight is 185 g/mol. The molecule has 0 radical (unpaired) electrons. The van der Waals surface area contributed by atoms with E-state index in [9.17, 15) is 0 Å². The predicted molar refractivity (Wildman–Crippen MR) is 55.8 cm³/mol. The van der Waals surface area contributed by atoms with Crippen LogP contribution in [0, 0.1) is 5.41 Å². The molecule has 1 aliphatic heterocycles. The Morgan fingerprint density at radius 2 is 1.85 bits per heavy atom. The van der Waals surface area contributed by atoms with E-state index in [0.29, 0.717) is 12.0 Å². The summed E-state index contributed by atoms with van der Waals surface area (Å²) in [5.74, 6) is 0. The van der Waals surface area contributed by atoms with Gasteiger partial charge >= 0.3 is 0 Å². The van der Waals surface area contributed by atoms with E-state index < -0.39 is 0 Å². The van der Waals surface area contributed by atoms with Crippen LogP contribution >= 0.6 is 0 Å². The average Bonchev–Trinajstić information content (AvgIpc) is 2.52. The molecule has 1 aliphatic rings. The van der Waals surface area contributed by atoms with Crippen LogP contribution in [0.3, 0.4) is 0 Å². The Morgan fingerprint density at radius 3 is 2.38 bits per heavy atom. The Balaban J connectivity index is 2.23. The van der Waals surface area contributed by atoms with Crippen LogP contribution in [0.25, 0.3) is 0 Å². The summed E-state index contributed by atoms with van der Waals surface area (Å²) >= 11 is 0. The largest absolute Gasteiger partial charge is 0.396 e. The van der Waals surface area contributed by atoms with Crippen molar-refractivity contribution in [2.75, 3.05) is 26.2 Å². The second-order valence-corrected chi connectivity index (χ2v) is 4.97. The molecule has 0 aliphatic carbocycles.